The lowest BCUT2D eigenvalue weighted by Crippen LogP contribution is -2.14. The lowest BCUT2D eigenvalue weighted by Gasteiger charge is -2.06. The second-order valence-electron chi connectivity index (χ2n) is 4.16. The van der Waals surface area contributed by atoms with Crippen molar-refractivity contribution >= 4 is 33.5 Å². The van der Waals surface area contributed by atoms with E-state index in [1.807, 2.05) is 0 Å². The number of H-pyrrole nitrogens is 1. The third kappa shape index (κ3) is 2.83. The van der Waals surface area contributed by atoms with Crippen LogP contribution in [0.5, 0.6) is 5.75 Å². The largest absolute Gasteiger partial charge is 0.507 e. The molecule has 0 atom stereocenters. The maximum absolute atomic E-state index is 12.1. The van der Waals surface area contributed by atoms with Gasteiger partial charge in [0.1, 0.15) is 11.4 Å². The van der Waals surface area contributed by atoms with Crippen molar-refractivity contribution in [2.45, 2.75) is 6.92 Å². The van der Waals surface area contributed by atoms with Crippen LogP contribution in [0.2, 0.25) is 0 Å². The van der Waals surface area contributed by atoms with E-state index in [4.69, 9.17) is 5.11 Å². The zero-order valence-corrected chi connectivity index (χ0v) is 12.0. The number of rotatable bonds is 3. The van der Waals surface area contributed by atoms with E-state index in [0.717, 1.165) is 0 Å². The minimum atomic E-state index is -1.17. The molecule has 4 N–H and O–H groups in total. The molecule has 0 aliphatic carbocycles. The smallest absolute Gasteiger partial charge is 0.354 e. The number of carboxylic acid groups (broad SMARTS) is 1. The van der Waals surface area contributed by atoms with Crippen LogP contribution < -0.4 is 5.32 Å². The summed E-state index contributed by atoms with van der Waals surface area (Å²) in [6.45, 7) is 1.68. The molecule has 0 saturated carbocycles. The molecular weight excluding hydrogens is 328 g/mol. The number of aryl methyl sites for hydroxylation is 1. The summed E-state index contributed by atoms with van der Waals surface area (Å²) < 4.78 is 0.629. The van der Waals surface area contributed by atoms with Crippen molar-refractivity contribution in [3.63, 3.8) is 0 Å². The third-order valence-corrected chi connectivity index (χ3v) is 3.11. The number of hydrogen-bond acceptors (Lipinski definition) is 3. The van der Waals surface area contributed by atoms with Crippen LogP contribution in [0.15, 0.2) is 28.7 Å². The van der Waals surface area contributed by atoms with Crippen molar-refractivity contribution < 1.29 is 19.8 Å². The number of anilines is 1. The molecule has 1 aromatic heterocycles. The molecule has 2 aromatic rings. The Hall–Kier alpha value is -2.28. The number of carbonyl (C=O) groups is 2. The van der Waals surface area contributed by atoms with Crippen LogP contribution in [0.3, 0.4) is 0 Å². The van der Waals surface area contributed by atoms with Gasteiger partial charge in [-0.05, 0) is 31.2 Å². The average Bonchev–Trinajstić information content (AvgIpc) is 2.73. The SMILES string of the molecule is Cc1cc(NC(=O)c2cc(Br)ccc2O)c(C(=O)O)[nH]1. The molecule has 1 amide bonds. The first-order valence-electron chi connectivity index (χ1n) is 5.61. The number of phenols is 1. The number of aromatic nitrogens is 1. The van der Waals surface area contributed by atoms with E-state index in [0.29, 0.717) is 10.2 Å². The fourth-order valence-electron chi connectivity index (χ4n) is 1.74. The number of carboxylic acids is 1. The zero-order valence-electron chi connectivity index (χ0n) is 10.4. The van der Waals surface area contributed by atoms with Crippen LogP contribution in [0.1, 0.15) is 26.5 Å². The first-order valence-corrected chi connectivity index (χ1v) is 6.40. The molecule has 0 bridgehead atoms. The summed E-state index contributed by atoms with van der Waals surface area (Å²) >= 11 is 3.20. The highest BCUT2D eigenvalue weighted by molar-refractivity contribution is 9.10. The summed E-state index contributed by atoms with van der Waals surface area (Å²) in [5, 5.41) is 21.1. The second-order valence-corrected chi connectivity index (χ2v) is 5.08. The molecule has 2 rings (SSSR count). The number of aromatic hydroxyl groups is 1. The van der Waals surface area contributed by atoms with Gasteiger partial charge in [0.15, 0.2) is 0 Å². The molecule has 0 unspecified atom stereocenters. The van der Waals surface area contributed by atoms with Crippen LogP contribution >= 0.6 is 15.9 Å². The molecule has 6 nitrogen and oxygen atoms in total. The van der Waals surface area contributed by atoms with Crippen LogP contribution in [0.4, 0.5) is 5.69 Å². The molecule has 0 radical (unpaired) electrons. The van der Waals surface area contributed by atoms with Gasteiger partial charge in [-0.25, -0.2) is 4.79 Å². The van der Waals surface area contributed by atoms with Crippen molar-refractivity contribution in [2.24, 2.45) is 0 Å². The van der Waals surface area contributed by atoms with Gasteiger partial charge in [0.2, 0.25) is 0 Å². The molecule has 0 fully saturated rings. The first kappa shape index (κ1) is 14.1. The van der Waals surface area contributed by atoms with E-state index in [2.05, 4.69) is 26.2 Å². The van der Waals surface area contributed by atoms with Crippen LogP contribution in [-0.2, 0) is 0 Å². The normalized spacial score (nSPS) is 10.3. The van der Waals surface area contributed by atoms with Gasteiger partial charge in [0.05, 0.1) is 11.3 Å². The quantitative estimate of drug-likeness (QED) is 0.690. The summed E-state index contributed by atoms with van der Waals surface area (Å²) in [6, 6.07) is 5.93. The topological polar surface area (TPSA) is 102 Å². The summed E-state index contributed by atoms with van der Waals surface area (Å²) in [7, 11) is 0. The van der Waals surface area contributed by atoms with E-state index in [-0.39, 0.29) is 22.7 Å². The number of hydrogen-bond donors (Lipinski definition) is 4. The van der Waals surface area contributed by atoms with Crippen LogP contribution in [0.25, 0.3) is 0 Å². The highest BCUT2D eigenvalue weighted by Gasteiger charge is 2.18. The lowest BCUT2D eigenvalue weighted by molar-refractivity contribution is 0.0692. The summed E-state index contributed by atoms with van der Waals surface area (Å²) in [5.41, 5.74) is 0.704. The maximum atomic E-state index is 12.1. The Labute approximate surface area is 122 Å². The van der Waals surface area contributed by atoms with Gasteiger partial charge in [-0.1, -0.05) is 15.9 Å². The Kier molecular flexibility index (Phi) is 3.80. The van der Waals surface area contributed by atoms with Crippen molar-refractivity contribution in [3.8, 4) is 5.75 Å². The molecule has 0 spiro atoms. The number of aromatic carboxylic acids is 1. The molecule has 7 heteroatoms. The van der Waals surface area contributed by atoms with Crippen LogP contribution in [-0.4, -0.2) is 27.1 Å². The number of benzene rings is 1. The van der Waals surface area contributed by atoms with Crippen molar-refractivity contribution in [3.05, 3.63) is 45.7 Å². The second kappa shape index (κ2) is 5.38. The van der Waals surface area contributed by atoms with Crippen molar-refractivity contribution in [1.29, 1.82) is 0 Å². The third-order valence-electron chi connectivity index (χ3n) is 2.62. The fourth-order valence-corrected chi connectivity index (χ4v) is 2.10. The van der Waals surface area contributed by atoms with Crippen molar-refractivity contribution in [1.82, 2.24) is 4.98 Å². The number of halogens is 1. The molecular formula is C13H11BrN2O4. The molecule has 1 aromatic carbocycles. The number of nitrogens with one attached hydrogen (secondary N) is 2. The first-order chi connectivity index (χ1) is 9.38. The van der Waals surface area contributed by atoms with E-state index < -0.39 is 11.9 Å². The number of amides is 1. The lowest BCUT2D eigenvalue weighted by atomic mass is 10.2. The molecule has 20 heavy (non-hydrogen) atoms. The van der Waals surface area contributed by atoms with E-state index >= 15 is 0 Å². The predicted molar refractivity (Wildman–Crippen MR) is 76.2 cm³/mol. The van der Waals surface area contributed by atoms with E-state index in [1.54, 1.807) is 13.0 Å². The Morgan fingerprint density at radius 3 is 2.65 bits per heavy atom. The highest BCUT2D eigenvalue weighted by Crippen LogP contribution is 2.24. The minimum absolute atomic E-state index is 0.0505. The van der Waals surface area contributed by atoms with Gasteiger partial charge in [-0.15, -0.1) is 0 Å². The summed E-state index contributed by atoms with van der Waals surface area (Å²) in [4.78, 5) is 25.7. The highest BCUT2D eigenvalue weighted by atomic mass is 79.9. The average molecular weight is 339 g/mol. The molecule has 104 valence electrons. The summed E-state index contributed by atoms with van der Waals surface area (Å²) in [6.07, 6.45) is 0. The van der Waals surface area contributed by atoms with Gasteiger partial charge in [0, 0.05) is 10.2 Å². The Morgan fingerprint density at radius 2 is 2.00 bits per heavy atom. The predicted octanol–water partition coefficient (Wildman–Crippen LogP) is 2.74. The van der Waals surface area contributed by atoms with E-state index in [1.165, 1.54) is 18.2 Å². The Morgan fingerprint density at radius 1 is 1.30 bits per heavy atom. The minimum Gasteiger partial charge on any atom is -0.507 e. The molecule has 0 aliphatic rings. The monoisotopic (exact) mass is 338 g/mol. The van der Waals surface area contributed by atoms with Gasteiger partial charge < -0.3 is 20.5 Å². The molecule has 0 aliphatic heterocycles. The van der Waals surface area contributed by atoms with Gasteiger partial charge in [-0.3, -0.25) is 4.79 Å². The summed E-state index contributed by atoms with van der Waals surface area (Å²) in [5.74, 6) is -1.95. The molecule has 0 saturated heterocycles. The van der Waals surface area contributed by atoms with E-state index in [9.17, 15) is 14.7 Å². The van der Waals surface area contributed by atoms with Gasteiger partial charge >= 0.3 is 5.97 Å². The van der Waals surface area contributed by atoms with Gasteiger partial charge in [-0.2, -0.15) is 0 Å². The van der Waals surface area contributed by atoms with Gasteiger partial charge in [0.25, 0.3) is 5.91 Å². The number of aromatic amines is 1. The maximum Gasteiger partial charge on any atom is 0.354 e. The van der Waals surface area contributed by atoms with Crippen molar-refractivity contribution in [2.75, 3.05) is 5.32 Å². The standard InChI is InChI=1S/C13H11BrN2O4/c1-6-4-9(11(15-6)13(19)20)16-12(18)8-5-7(14)2-3-10(8)17/h2-5,15,17H,1H3,(H,16,18)(H,19,20). The number of carbonyl (C=O) groups excluding carboxylic acids is 1. The number of phenolic OH excluding ortho intramolecular Hbond substituents is 1. The Bertz CT molecular complexity index is 694. The van der Waals surface area contributed by atoms with Crippen LogP contribution in [0, 0.1) is 6.92 Å². The molecule has 1 heterocycles. The Balaban J connectivity index is 2.32. The zero-order chi connectivity index (χ0) is 14.9. The fraction of sp³-hybridized carbons (Fsp3) is 0.0769.